The number of aromatic amines is 2. The summed E-state index contributed by atoms with van der Waals surface area (Å²) in [6.45, 7) is 1.50. The van der Waals surface area contributed by atoms with Gasteiger partial charge < -0.3 is 14.8 Å². The minimum Gasteiger partial charge on any atom is -0.493 e. The van der Waals surface area contributed by atoms with Gasteiger partial charge in [-0.25, -0.2) is 14.2 Å². The van der Waals surface area contributed by atoms with E-state index in [-0.39, 0.29) is 17.7 Å². The topological polar surface area (TPSA) is 130 Å². The number of rotatable bonds is 6. The molecule has 3 N–H and O–H groups in total. The number of nitrogens with zero attached hydrogens (tertiary/aromatic N) is 2. The van der Waals surface area contributed by atoms with Crippen LogP contribution in [-0.4, -0.2) is 44.5 Å². The normalized spacial score (nSPS) is 12.6. The van der Waals surface area contributed by atoms with Crippen LogP contribution in [0.5, 0.6) is 5.88 Å². The molecule has 9 heteroatoms. The van der Waals surface area contributed by atoms with Crippen LogP contribution in [0.4, 0.5) is 0 Å². The Morgan fingerprint density at radius 1 is 1.12 bits per heavy atom. The molecule has 0 unspecified atom stereocenters. The Labute approximate surface area is 188 Å². The zero-order valence-corrected chi connectivity index (χ0v) is 18.0. The third kappa shape index (κ3) is 4.20. The molecule has 2 aromatic carbocycles. The second-order valence-corrected chi connectivity index (χ2v) is 7.45. The van der Waals surface area contributed by atoms with E-state index in [0.29, 0.717) is 5.69 Å². The van der Waals surface area contributed by atoms with Crippen LogP contribution in [0, 0.1) is 0 Å². The van der Waals surface area contributed by atoms with Crippen LogP contribution in [-0.2, 0) is 16.0 Å². The van der Waals surface area contributed by atoms with Crippen molar-refractivity contribution in [3.63, 3.8) is 0 Å². The van der Waals surface area contributed by atoms with Crippen LogP contribution in [0.3, 0.4) is 0 Å². The van der Waals surface area contributed by atoms with E-state index in [9.17, 15) is 19.5 Å². The largest absolute Gasteiger partial charge is 0.493 e. The van der Waals surface area contributed by atoms with E-state index in [1.165, 1.54) is 14.0 Å². The summed E-state index contributed by atoms with van der Waals surface area (Å²) in [6.07, 6.45) is 2.01. The standard InChI is InChI=1S/C24H22N4O5/c1-14(20-21(29)27-24(32)28(22(20)30)16-8-4-3-5-9-16)26-19(23(31)33-2)12-15-13-25-18-11-7-6-10-17(15)18/h3-11,13,19,25,30H,12H2,1-2H3,(H,27,29,32)/t19-/m1/s1. The number of aromatic hydroxyl groups is 1. The highest BCUT2D eigenvalue weighted by atomic mass is 16.5. The second kappa shape index (κ2) is 8.99. The zero-order valence-electron chi connectivity index (χ0n) is 18.0. The number of methoxy groups -OCH3 is 1. The van der Waals surface area contributed by atoms with Crippen molar-refractivity contribution in [1.29, 1.82) is 0 Å². The highest BCUT2D eigenvalue weighted by molar-refractivity contribution is 6.01. The summed E-state index contributed by atoms with van der Waals surface area (Å²) in [6, 6.07) is 15.1. The van der Waals surface area contributed by atoms with Crippen molar-refractivity contribution in [2.24, 2.45) is 4.99 Å². The highest BCUT2D eigenvalue weighted by Gasteiger charge is 2.24. The van der Waals surface area contributed by atoms with Crippen molar-refractivity contribution in [2.45, 2.75) is 19.4 Å². The molecule has 0 aliphatic carbocycles. The fraction of sp³-hybridized carbons (Fsp3) is 0.167. The molecule has 0 radical (unpaired) electrons. The number of hydrogen-bond donors (Lipinski definition) is 3. The number of nitrogens with one attached hydrogen (secondary N) is 2. The van der Waals surface area contributed by atoms with Crippen molar-refractivity contribution in [3.8, 4) is 11.6 Å². The van der Waals surface area contributed by atoms with Crippen LogP contribution in [0.2, 0.25) is 0 Å². The lowest BCUT2D eigenvalue weighted by molar-refractivity contribution is -0.142. The number of hydrogen-bond acceptors (Lipinski definition) is 6. The molecular formula is C24H22N4O5. The molecule has 0 aliphatic heterocycles. The van der Waals surface area contributed by atoms with Gasteiger partial charge in [0.05, 0.1) is 18.5 Å². The summed E-state index contributed by atoms with van der Waals surface area (Å²) in [5.74, 6) is -1.15. The van der Waals surface area contributed by atoms with Gasteiger partial charge >= 0.3 is 11.7 Å². The van der Waals surface area contributed by atoms with E-state index < -0.39 is 29.1 Å². The van der Waals surface area contributed by atoms with Crippen molar-refractivity contribution in [2.75, 3.05) is 7.11 Å². The summed E-state index contributed by atoms with van der Waals surface area (Å²) in [4.78, 5) is 47.2. The van der Waals surface area contributed by atoms with Gasteiger partial charge in [0.1, 0.15) is 5.56 Å². The maximum absolute atomic E-state index is 12.6. The first-order valence-corrected chi connectivity index (χ1v) is 10.2. The first-order valence-electron chi connectivity index (χ1n) is 10.2. The number of aromatic nitrogens is 3. The average Bonchev–Trinajstić information content (AvgIpc) is 3.21. The first kappa shape index (κ1) is 21.8. The van der Waals surface area contributed by atoms with E-state index in [4.69, 9.17) is 4.74 Å². The molecule has 2 heterocycles. The van der Waals surface area contributed by atoms with Crippen molar-refractivity contribution in [3.05, 3.63) is 92.8 Å². The Morgan fingerprint density at radius 3 is 2.55 bits per heavy atom. The molecule has 0 saturated carbocycles. The lowest BCUT2D eigenvalue weighted by Crippen LogP contribution is -2.33. The Hall–Kier alpha value is -4.40. The van der Waals surface area contributed by atoms with Gasteiger partial charge in [-0.15, -0.1) is 0 Å². The number of carbonyl (C=O) groups excluding carboxylic acids is 1. The predicted molar refractivity (Wildman–Crippen MR) is 124 cm³/mol. The first-order chi connectivity index (χ1) is 15.9. The van der Waals surface area contributed by atoms with Gasteiger partial charge in [-0.05, 0) is 30.7 Å². The molecule has 2 aromatic heterocycles. The van der Waals surface area contributed by atoms with Gasteiger partial charge in [0.15, 0.2) is 6.04 Å². The smallest absolute Gasteiger partial charge is 0.335 e. The molecular weight excluding hydrogens is 424 g/mol. The van der Waals surface area contributed by atoms with Gasteiger partial charge in [-0.2, -0.15) is 0 Å². The van der Waals surface area contributed by atoms with E-state index in [1.54, 1.807) is 36.5 Å². The molecule has 0 fully saturated rings. The fourth-order valence-electron chi connectivity index (χ4n) is 3.79. The molecule has 0 spiro atoms. The summed E-state index contributed by atoms with van der Waals surface area (Å²) in [5, 5.41) is 11.8. The summed E-state index contributed by atoms with van der Waals surface area (Å²) in [5.41, 5.74) is 0.435. The molecule has 168 valence electrons. The van der Waals surface area contributed by atoms with Crippen LogP contribution < -0.4 is 11.2 Å². The molecule has 0 aliphatic rings. The number of benzene rings is 2. The van der Waals surface area contributed by atoms with Crippen molar-refractivity contribution < 1.29 is 14.6 Å². The number of aliphatic imine (C=N–C) groups is 1. The van der Waals surface area contributed by atoms with Gasteiger partial charge in [0.2, 0.25) is 5.88 Å². The Morgan fingerprint density at radius 2 is 1.82 bits per heavy atom. The maximum Gasteiger partial charge on any atom is 0.335 e. The second-order valence-electron chi connectivity index (χ2n) is 7.45. The molecule has 0 amide bonds. The lowest BCUT2D eigenvalue weighted by Gasteiger charge is -2.14. The number of para-hydroxylation sites is 2. The predicted octanol–water partition coefficient (Wildman–Crippen LogP) is 2.31. The average molecular weight is 446 g/mol. The molecule has 33 heavy (non-hydrogen) atoms. The maximum atomic E-state index is 12.6. The van der Waals surface area contributed by atoms with Crippen molar-refractivity contribution >= 4 is 22.6 Å². The van der Waals surface area contributed by atoms with Gasteiger partial charge in [-0.1, -0.05) is 36.4 Å². The number of H-pyrrole nitrogens is 2. The third-order valence-electron chi connectivity index (χ3n) is 5.37. The molecule has 0 bridgehead atoms. The van der Waals surface area contributed by atoms with E-state index in [2.05, 4.69) is 15.0 Å². The van der Waals surface area contributed by atoms with E-state index in [0.717, 1.165) is 21.0 Å². The number of ether oxygens (including phenoxy) is 1. The minimum absolute atomic E-state index is 0.0914. The quantitative estimate of drug-likeness (QED) is 0.309. The van der Waals surface area contributed by atoms with Crippen LogP contribution in [0.1, 0.15) is 18.1 Å². The molecule has 9 nitrogen and oxygen atoms in total. The Kier molecular flexibility index (Phi) is 5.95. The SMILES string of the molecule is COC(=O)[C@@H](Cc1c[nH]c2ccccc12)N=C(C)c1c(O)n(-c2ccccc2)c(=O)[nH]c1=O. The van der Waals surface area contributed by atoms with Crippen molar-refractivity contribution in [1.82, 2.24) is 14.5 Å². The summed E-state index contributed by atoms with van der Waals surface area (Å²) >= 11 is 0. The van der Waals surface area contributed by atoms with Crippen LogP contribution >= 0.6 is 0 Å². The number of esters is 1. The molecule has 1 atom stereocenters. The van der Waals surface area contributed by atoms with Crippen LogP contribution in [0.25, 0.3) is 16.6 Å². The number of carbonyl (C=O) groups is 1. The fourth-order valence-corrected chi connectivity index (χ4v) is 3.79. The van der Waals surface area contributed by atoms with Crippen LogP contribution in [0.15, 0.2) is 75.4 Å². The van der Waals surface area contributed by atoms with Gasteiger partial charge in [0, 0.05) is 23.5 Å². The highest BCUT2D eigenvalue weighted by Crippen LogP contribution is 2.22. The monoisotopic (exact) mass is 446 g/mol. The molecule has 4 rings (SSSR count). The van der Waals surface area contributed by atoms with Gasteiger partial charge in [0.25, 0.3) is 5.56 Å². The number of fused-ring (bicyclic) bond motifs is 1. The Balaban J connectivity index is 1.79. The summed E-state index contributed by atoms with van der Waals surface area (Å²) < 4.78 is 5.90. The molecule has 4 aromatic rings. The van der Waals surface area contributed by atoms with Gasteiger partial charge in [-0.3, -0.25) is 14.8 Å². The lowest BCUT2D eigenvalue weighted by atomic mass is 10.0. The van der Waals surface area contributed by atoms with E-state index in [1.807, 2.05) is 24.3 Å². The minimum atomic E-state index is -0.967. The molecule has 0 saturated heterocycles. The third-order valence-corrected chi connectivity index (χ3v) is 5.37. The Bertz CT molecular complexity index is 1460. The summed E-state index contributed by atoms with van der Waals surface area (Å²) in [7, 11) is 1.26. The zero-order chi connectivity index (χ0) is 23.5. The van der Waals surface area contributed by atoms with E-state index >= 15 is 0 Å².